The van der Waals surface area contributed by atoms with Gasteiger partial charge in [0, 0.05) is 0 Å². The summed E-state index contributed by atoms with van der Waals surface area (Å²) in [4.78, 5) is 4.45. The number of phenols is 1. The quantitative estimate of drug-likeness (QED) is 0.567. The first-order chi connectivity index (χ1) is 9.72. The van der Waals surface area contributed by atoms with E-state index >= 15 is 0 Å². The van der Waals surface area contributed by atoms with Crippen LogP contribution in [0.25, 0.3) is 10.2 Å². The van der Waals surface area contributed by atoms with Crippen molar-refractivity contribution in [3.8, 4) is 5.75 Å². The van der Waals surface area contributed by atoms with Crippen molar-refractivity contribution >= 4 is 32.4 Å². The second-order valence-corrected chi connectivity index (χ2v) is 5.37. The average molecular weight is 283 g/mol. The smallest absolute Gasteiger partial charge is 0.204 e. The molecule has 0 fully saturated rings. The maximum Gasteiger partial charge on any atom is 0.204 e. The minimum atomic E-state index is 0.251. The Morgan fingerprint density at radius 3 is 2.65 bits per heavy atom. The summed E-state index contributed by atoms with van der Waals surface area (Å²) in [5, 5.41) is 14.4. The summed E-state index contributed by atoms with van der Waals surface area (Å²) in [6.07, 6.45) is 0. The molecule has 20 heavy (non-hydrogen) atoms. The molecule has 5 heteroatoms. The number of thiazole rings is 1. The molecule has 4 nitrogen and oxygen atoms in total. The van der Waals surface area contributed by atoms with Crippen LogP contribution >= 0.6 is 11.3 Å². The first kappa shape index (κ1) is 12.6. The van der Waals surface area contributed by atoms with E-state index in [0.29, 0.717) is 0 Å². The number of aromatic nitrogens is 1. The Labute approximate surface area is 120 Å². The monoisotopic (exact) mass is 283 g/mol. The van der Waals surface area contributed by atoms with Gasteiger partial charge in [-0.15, -0.1) is 0 Å². The number of nitrogens with one attached hydrogen (secondary N) is 1. The number of hydrogen-bond acceptors (Lipinski definition) is 5. The molecule has 0 amide bonds. The Kier molecular flexibility index (Phi) is 3.35. The van der Waals surface area contributed by atoms with E-state index in [1.807, 2.05) is 43.3 Å². The molecule has 0 aliphatic carbocycles. The van der Waals surface area contributed by atoms with E-state index in [1.165, 1.54) is 0 Å². The number of rotatable bonds is 3. The molecule has 2 N–H and O–H groups in total. The van der Waals surface area contributed by atoms with E-state index in [0.717, 1.165) is 26.6 Å². The number of hydrazone groups is 1. The largest absolute Gasteiger partial charge is 0.508 e. The lowest BCUT2D eigenvalue weighted by atomic mass is 10.1. The Morgan fingerprint density at radius 2 is 1.90 bits per heavy atom. The van der Waals surface area contributed by atoms with Crippen LogP contribution in [0.4, 0.5) is 5.13 Å². The van der Waals surface area contributed by atoms with Crippen LogP contribution in [0.2, 0.25) is 0 Å². The van der Waals surface area contributed by atoms with E-state index in [-0.39, 0.29) is 5.75 Å². The summed E-state index contributed by atoms with van der Waals surface area (Å²) in [6.45, 7) is 1.91. The Morgan fingerprint density at radius 1 is 1.15 bits per heavy atom. The summed E-state index contributed by atoms with van der Waals surface area (Å²) in [7, 11) is 0. The van der Waals surface area contributed by atoms with Crippen LogP contribution in [0, 0.1) is 0 Å². The summed E-state index contributed by atoms with van der Waals surface area (Å²) in [5.74, 6) is 0.251. The van der Waals surface area contributed by atoms with Gasteiger partial charge in [-0.3, -0.25) is 5.43 Å². The topological polar surface area (TPSA) is 57.5 Å². The maximum atomic E-state index is 9.26. The van der Waals surface area contributed by atoms with Gasteiger partial charge in [-0.2, -0.15) is 5.10 Å². The number of anilines is 1. The summed E-state index contributed by atoms with van der Waals surface area (Å²) in [6, 6.07) is 14.9. The normalized spacial score (nSPS) is 11.8. The molecule has 0 aliphatic heterocycles. The average Bonchev–Trinajstić information content (AvgIpc) is 2.88. The van der Waals surface area contributed by atoms with Crippen molar-refractivity contribution in [1.82, 2.24) is 4.98 Å². The van der Waals surface area contributed by atoms with Gasteiger partial charge in [0.05, 0.1) is 15.9 Å². The van der Waals surface area contributed by atoms with Gasteiger partial charge in [0.15, 0.2) is 0 Å². The fourth-order valence-electron chi connectivity index (χ4n) is 1.82. The molecule has 2 aromatic carbocycles. The molecule has 0 aliphatic rings. The van der Waals surface area contributed by atoms with Crippen LogP contribution in [-0.2, 0) is 0 Å². The molecule has 0 bridgehead atoms. The lowest BCUT2D eigenvalue weighted by molar-refractivity contribution is 0.475. The molecular weight excluding hydrogens is 270 g/mol. The summed E-state index contributed by atoms with van der Waals surface area (Å²) in [5.41, 5.74) is 5.74. The van der Waals surface area contributed by atoms with Crippen LogP contribution in [0.1, 0.15) is 12.5 Å². The van der Waals surface area contributed by atoms with Gasteiger partial charge >= 0.3 is 0 Å². The van der Waals surface area contributed by atoms with Crippen molar-refractivity contribution < 1.29 is 5.11 Å². The van der Waals surface area contributed by atoms with Crippen LogP contribution < -0.4 is 5.43 Å². The fraction of sp³-hybridized carbons (Fsp3) is 0.0667. The highest BCUT2D eigenvalue weighted by molar-refractivity contribution is 7.22. The highest BCUT2D eigenvalue weighted by atomic mass is 32.1. The number of hydrogen-bond donors (Lipinski definition) is 2. The maximum absolute atomic E-state index is 9.26. The first-order valence-electron chi connectivity index (χ1n) is 6.17. The highest BCUT2D eigenvalue weighted by Crippen LogP contribution is 2.25. The standard InChI is InChI=1S/C15H13N3OS/c1-10(11-6-8-12(19)9-7-11)17-18-15-16-13-4-2-3-5-14(13)20-15/h2-9,19H,1H3,(H,16,18)/b17-10-. The van der Waals surface area contributed by atoms with E-state index in [9.17, 15) is 5.11 Å². The van der Waals surface area contributed by atoms with Crippen LogP contribution in [0.3, 0.4) is 0 Å². The van der Waals surface area contributed by atoms with Crippen molar-refractivity contribution in [2.75, 3.05) is 5.43 Å². The van der Waals surface area contributed by atoms with E-state index < -0.39 is 0 Å². The van der Waals surface area contributed by atoms with Gasteiger partial charge in [0.1, 0.15) is 5.75 Å². The number of phenolic OH excluding ortho intramolecular Hbond substituents is 1. The molecule has 0 spiro atoms. The van der Waals surface area contributed by atoms with Crippen molar-refractivity contribution in [1.29, 1.82) is 0 Å². The molecule has 0 radical (unpaired) electrons. The molecule has 3 aromatic rings. The molecule has 0 saturated carbocycles. The third-order valence-corrected chi connectivity index (χ3v) is 3.84. The van der Waals surface area contributed by atoms with Crippen LogP contribution in [0.5, 0.6) is 5.75 Å². The fourth-order valence-corrected chi connectivity index (χ4v) is 2.63. The summed E-state index contributed by atoms with van der Waals surface area (Å²) < 4.78 is 1.13. The predicted molar refractivity (Wildman–Crippen MR) is 83.6 cm³/mol. The molecule has 0 unspecified atom stereocenters. The number of nitrogens with zero attached hydrogens (tertiary/aromatic N) is 2. The van der Waals surface area contributed by atoms with Crippen molar-refractivity contribution in [3.63, 3.8) is 0 Å². The number of para-hydroxylation sites is 1. The molecule has 0 saturated heterocycles. The molecular formula is C15H13N3OS. The van der Waals surface area contributed by atoms with Crippen molar-refractivity contribution in [2.45, 2.75) is 6.92 Å². The Bertz CT molecular complexity index is 729. The number of benzene rings is 2. The van der Waals surface area contributed by atoms with Gasteiger partial charge in [0.2, 0.25) is 5.13 Å². The zero-order valence-corrected chi connectivity index (χ0v) is 11.7. The highest BCUT2D eigenvalue weighted by Gasteiger charge is 2.02. The van der Waals surface area contributed by atoms with Gasteiger partial charge in [-0.1, -0.05) is 23.5 Å². The SMILES string of the molecule is C/C(=N/Nc1nc2ccccc2s1)c1ccc(O)cc1. The van der Waals surface area contributed by atoms with E-state index in [4.69, 9.17) is 0 Å². The molecule has 100 valence electrons. The van der Waals surface area contributed by atoms with E-state index in [2.05, 4.69) is 15.5 Å². The lowest BCUT2D eigenvalue weighted by Crippen LogP contribution is -1.99. The Hall–Kier alpha value is -2.40. The van der Waals surface area contributed by atoms with Crippen LogP contribution in [-0.4, -0.2) is 15.8 Å². The first-order valence-corrected chi connectivity index (χ1v) is 6.99. The zero-order valence-electron chi connectivity index (χ0n) is 10.9. The zero-order chi connectivity index (χ0) is 13.9. The predicted octanol–water partition coefficient (Wildman–Crippen LogP) is 3.84. The second-order valence-electron chi connectivity index (χ2n) is 4.34. The molecule has 1 heterocycles. The molecule has 1 aromatic heterocycles. The van der Waals surface area contributed by atoms with Gasteiger partial charge in [0.25, 0.3) is 0 Å². The lowest BCUT2D eigenvalue weighted by Gasteiger charge is -2.01. The van der Waals surface area contributed by atoms with Crippen molar-refractivity contribution in [2.24, 2.45) is 5.10 Å². The van der Waals surface area contributed by atoms with Crippen LogP contribution in [0.15, 0.2) is 53.6 Å². The minimum Gasteiger partial charge on any atom is -0.508 e. The minimum absolute atomic E-state index is 0.251. The third kappa shape index (κ3) is 2.62. The number of fused-ring (bicyclic) bond motifs is 1. The second kappa shape index (κ2) is 5.30. The van der Waals surface area contributed by atoms with Crippen molar-refractivity contribution in [3.05, 3.63) is 54.1 Å². The summed E-state index contributed by atoms with van der Waals surface area (Å²) >= 11 is 1.57. The van der Waals surface area contributed by atoms with Gasteiger partial charge < -0.3 is 5.11 Å². The molecule has 3 rings (SSSR count). The Balaban J connectivity index is 1.80. The van der Waals surface area contributed by atoms with Gasteiger partial charge in [-0.05, 0) is 48.9 Å². The molecule has 0 atom stereocenters. The van der Waals surface area contributed by atoms with Gasteiger partial charge in [-0.25, -0.2) is 4.98 Å². The van der Waals surface area contributed by atoms with E-state index in [1.54, 1.807) is 23.5 Å². The third-order valence-electron chi connectivity index (χ3n) is 2.90. The number of aromatic hydroxyl groups is 1.